The molecule has 0 N–H and O–H groups in total. The lowest BCUT2D eigenvalue weighted by Gasteiger charge is -2.29. The van der Waals surface area contributed by atoms with Crippen LogP contribution in [0.4, 0.5) is 5.69 Å². The Hall–Kier alpha value is -1.89. The zero-order valence-corrected chi connectivity index (χ0v) is 15.2. The highest BCUT2D eigenvalue weighted by Gasteiger charge is 2.39. The van der Waals surface area contributed by atoms with Gasteiger partial charge in [0.1, 0.15) is 11.8 Å². The third-order valence-corrected chi connectivity index (χ3v) is 6.30. The Balaban J connectivity index is 2.48. The van der Waals surface area contributed by atoms with Crippen LogP contribution in [0.1, 0.15) is 31.4 Å². The molecule has 1 aliphatic heterocycles. The van der Waals surface area contributed by atoms with Crippen LogP contribution in [0, 0.1) is 13.8 Å². The molecule has 6 nitrogen and oxygen atoms in total. The molecule has 1 aromatic carbocycles. The van der Waals surface area contributed by atoms with Crippen molar-refractivity contribution in [1.82, 2.24) is 0 Å². The molecule has 0 bridgehead atoms. The average Bonchev–Trinajstić information content (AvgIpc) is 2.88. The van der Waals surface area contributed by atoms with Gasteiger partial charge in [-0.3, -0.25) is 9.69 Å². The van der Waals surface area contributed by atoms with Crippen LogP contribution in [0.3, 0.4) is 0 Å². The molecule has 2 rings (SSSR count). The van der Waals surface area contributed by atoms with Crippen molar-refractivity contribution in [3.8, 4) is 0 Å². The summed E-state index contributed by atoms with van der Waals surface area (Å²) in [6.07, 6.45) is 0.361. The van der Waals surface area contributed by atoms with Crippen LogP contribution in [-0.2, 0) is 24.2 Å². The molecule has 1 atom stereocenters. The fourth-order valence-electron chi connectivity index (χ4n) is 2.77. The first-order chi connectivity index (χ1) is 11.1. The van der Waals surface area contributed by atoms with Crippen LogP contribution in [0.25, 0.3) is 0 Å². The quantitative estimate of drug-likeness (QED) is 0.754. The normalized spacial score (nSPS) is 17.9. The average molecular weight is 353 g/mol. The number of aryl methyl sites for hydroxylation is 2. The van der Waals surface area contributed by atoms with E-state index in [1.807, 2.05) is 32.0 Å². The van der Waals surface area contributed by atoms with E-state index in [9.17, 15) is 18.0 Å². The van der Waals surface area contributed by atoms with Crippen LogP contribution >= 0.6 is 0 Å². The Kier molecular flexibility index (Phi) is 5.32. The summed E-state index contributed by atoms with van der Waals surface area (Å²) >= 11 is 0. The Labute approximate surface area is 142 Å². The maximum Gasteiger partial charge on any atom is 0.329 e. The second-order valence-electron chi connectivity index (χ2n) is 6.33. The number of carbonyl (C=O) groups is 2. The highest BCUT2D eigenvalue weighted by molar-refractivity contribution is 7.92. The van der Waals surface area contributed by atoms with Crippen molar-refractivity contribution in [2.24, 2.45) is 0 Å². The Morgan fingerprint density at radius 3 is 2.33 bits per heavy atom. The molecule has 1 amide bonds. The van der Waals surface area contributed by atoms with E-state index in [1.165, 1.54) is 18.7 Å². The number of sulfone groups is 1. The Morgan fingerprint density at radius 2 is 1.88 bits per heavy atom. The molecule has 7 heteroatoms. The van der Waals surface area contributed by atoms with E-state index < -0.39 is 38.8 Å². The SMILES string of the molecule is Cc1cccc(C)c1N(C(=O)CS(=O)(=O)C(C)C)C1CCOC1=O. The summed E-state index contributed by atoms with van der Waals surface area (Å²) in [5, 5.41) is -0.656. The van der Waals surface area contributed by atoms with E-state index in [1.54, 1.807) is 0 Å². The van der Waals surface area contributed by atoms with Crippen LogP contribution in [0.15, 0.2) is 18.2 Å². The van der Waals surface area contributed by atoms with Gasteiger partial charge in [0.25, 0.3) is 0 Å². The molecule has 1 aromatic rings. The van der Waals surface area contributed by atoms with E-state index in [0.29, 0.717) is 12.1 Å². The number of para-hydroxylation sites is 1. The molecule has 0 spiro atoms. The molecule has 1 fully saturated rings. The summed E-state index contributed by atoms with van der Waals surface area (Å²) in [5.41, 5.74) is 2.21. The maximum absolute atomic E-state index is 12.8. The Bertz CT molecular complexity index is 734. The van der Waals surface area contributed by atoms with E-state index in [4.69, 9.17) is 4.74 Å². The number of nitrogens with zero attached hydrogens (tertiary/aromatic N) is 1. The first kappa shape index (κ1) is 18.4. The number of hydrogen-bond acceptors (Lipinski definition) is 5. The van der Waals surface area contributed by atoms with Gasteiger partial charge in [-0.05, 0) is 38.8 Å². The van der Waals surface area contributed by atoms with Crippen molar-refractivity contribution in [3.05, 3.63) is 29.3 Å². The number of amides is 1. The lowest BCUT2D eigenvalue weighted by molar-refractivity contribution is -0.140. The molecule has 1 saturated heterocycles. The highest BCUT2D eigenvalue weighted by Crippen LogP contribution is 2.30. The summed E-state index contributed by atoms with van der Waals surface area (Å²) < 4.78 is 29.4. The first-order valence-corrected chi connectivity index (χ1v) is 9.63. The predicted octanol–water partition coefficient (Wildman–Crippen LogP) is 1.78. The fraction of sp³-hybridized carbons (Fsp3) is 0.529. The highest BCUT2D eigenvalue weighted by atomic mass is 32.2. The third-order valence-electron chi connectivity index (χ3n) is 4.21. The largest absolute Gasteiger partial charge is 0.464 e. The number of cyclic esters (lactones) is 1. The van der Waals surface area contributed by atoms with Crippen LogP contribution in [0.2, 0.25) is 0 Å². The molecule has 0 aromatic heterocycles. The van der Waals surface area contributed by atoms with Crippen molar-refractivity contribution in [2.45, 2.75) is 45.4 Å². The molecule has 132 valence electrons. The fourth-order valence-corrected chi connectivity index (χ4v) is 3.58. The summed E-state index contributed by atoms with van der Waals surface area (Å²) in [6, 6.07) is 4.74. The lowest BCUT2D eigenvalue weighted by atomic mass is 10.0. The van der Waals surface area contributed by atoms with Gasteiger partial charge in [0.2, 0.25) is 5.91 Å². The van der Waals surface area contributed by atoms with Crippen LogP contribution < -0.4 is 4.90 Å². The van der Waals surface area contributed by atoms with Gasteiger partial charge in [-0.15, -0.1) is 0 Å². The molecule has 0 aliphatic carbocycles. The van der Waals surface area contributed by atoms with Gasteiger partial charge >= 0.3 is 5.97 Å². The first-order valence-electron chi connectivity index (χ1n) is 7.91. The van der Waals surface area contributed by atoms with Crippen LogP contribution in [0.5, 0.6) is 0 Å². The van der Waals surface area contributed by atoms with Crippen molar-refractivity contribution in [2.75, 3.05) is 17.3 Å². The summed E-state index contributed by atoms with van der Waals surface area (Å²) in [6.45, 7) is 6.97. The second-order valence-corrected chi connectivity index (χ2v) is 8.89. The van der Waals surface area contributed by atoms with Crippen LogP contribution in [-0.4, -0.2) is 43.9 Å². The molecule has 1 unspecified atom stereocenters. The van der Waals surface area contributed by atoms with Gasteiger partial charge in [0, 0.05) is 6.42 Å². The molecule has 0 saturated carbocycles. The smallest absolute Gasteiger partial charge is 0.329 e. The molecule has 1 heterocycles. The predicted molar refractivity (Wildman–Crippen MR) is 91.7 cm³/mol. The number of esters is 1. The van der Waals surface area contributed by atoms with Crippen molar-refractivity contribution in [3.63, 3.8) is 0 Å². The van der Waals surface area contributed by atoms with E-state index in [2.05, 4.69) is 0 Å². The third kappa shape index (κ3) is 3.61. The number of carbonyl (C=O) groups excluding carboxylic acids is 2. The van der Waals surface area contributed by atoms with E-state index in [0.717, 1.165) is 11.1 Å². The summed E-state index contributed by atoms with van der Waals surface area (Å²) in [7, 11) is -3.57. The summed E-state index contributed by atoms with van der Waals surface area (Å²) in [5.74, 6) is -1.71. The number of benzene rings is 1. The second kappa shape index (κ2) is 6.93. The Morgan fingerprint density at radius 1 is 1.29 bits per heavy atom. The number of hydrogen-bond donors (Lipinski definition) is 0. The zero-order chi connectivity index (χ0) is 18.1. The molecule has 1 aliphatic rings. The molecule has 0 radical (unpaired) electrons. The van der Waals surface area contributed by atoms with Gasteiger partial charge in [0.05, 0.1) is 17.5 Å². The maximum atomic E-state index is 12.8. The van der Waals surface area contributed by atoms with Gasteiger partial charge < -0.3 is 4.74 Å². The lowest BCUT2D eigenvalue weighted by Crippen LogP contribution is -2.47. The van der Waals surface area contributed by atoms with Crippen molar-refractivity contribution in [1.29, 1.82) is 0 Å². The minimum atomic E-state index is -3.57. The molecule has 24 heavy (non-hydrogen) atoms. The topological polar surface area (TPSA) is 80.8 Å². The molecular formula is C17H23NO5S. The van der Waals surface area contributed by atoms with Gasteiger partial charge in [0.15, 0.2) is 9.84 Å². The zero-order valence-electron chi connectivity index (χ0n) is 14.4. The number of ether oxygens (including phenoxy) is 1. The van der Waals surface area contributed by atoms with Gasteiger partial charge in [-0.25, -0.2) is 13.2 Å². The standard InChI is InChI=1S/C17H23NO5S/c1-11(2)24(21,22)10-15(19)18(14-8-9-23-17(14)20)16-12(3)6-5-7-13(16)4/h5-7,11,14H,8-10H2,1-4H3. The van der Waals surface area contributed by atoms with Gasteiger partial charge in [-0.2, -0.15) is 0 Å². The van der Waals surface area contributed by atoms with Crippen molar-refractivity contribution >= 4 is 27.4 Å². The minimum absolute atomic E-state index is 0.231. The number of rotatable bonds is 5. The summed E-state index contributed by atoms with van der Waals surface area (Å²) in [4.78, 5) is 26.2. The minimum Gasteiger partial charge on any atom is -0.464 e. The monoisotopic (exact) mass is 353 g/mol. The van der Waals surface area contributed by atoms with E-state index in [-0.39, 0.29) is 6.61 Å². The molecular weight excluding hydrogens is 330 g/mol. The van der Waals surface area contributed by atoms with Crippen molar-refractivity contribution < 1.29 is 22.7 Å². The van der Waals surface area contributed by atoms with E-state index >= 15 is 0 Å². The number of anilines is 1. The van der Waals surface area contributed by atoms with Gasteiger partial charge in [-0.1, -0.05) is 18.2 Å².